The van der Waals surface area contributed by atoms with Crippen LogP contribution in [0.5, 0.6) is 0 Å². The van der Waals surface area contributed by atoms with Crippen LogP contribution in [0.25, 0.3) is 10.2 Å². The van der Waals surface area contributed by atoms with Crippen LogP contribution < -0.4 is 9.80 Å². The van der Waals surface area contributed by atoms with E-state index in [2.05, 4.69) is 20.9 Å². The summed E-state index contributed by atoms with van der Waals surface area (Å²) in [5.41, 5.74) is 0.795. The van der Waals surface area contributed by atoms with Crippen LogP contribution in [0.1, 0.15) is 19.8 Å². The summed E-state index contributed by atoms with van der Waals surface area (Å²) in [6.45, 7) is 3.50. The third kappa shape index (κ3) is 5.03. The van der Waals surface area contributed by atoms with Crippen molar-refractivity contribution in [1.29, 1.82) is 0 Å². The van der Waals surface area contributed by atoms with Gasteiger partial charge in [0.2, 0.25) is 5.95 Å². The summed E-state index contributed by atoms with van der Waals surface area (Å²) in [4.78, 5) is 13.2. The zero-order valence-electron chi connectivity index (χ0n) is 15.4. The van der Waals surface area contributed by atoms with Crippen molar-refractivity contribution >= 4 is 49.2 Å². The average Bonchev–Trinajstić information content (AvgIpc) is 3.17. The number of alkyl halides is 3. The summed E-state index contributed by atoms with van der Waals surface area (Å²) in [5, 5.41) is 0. The molecule has 0 N–H and O–H groups in total. The molecule has 0 bridgehead atoms. The fraction of sp³-hybridized carbons (Fsp3) is 0.647. The molecular formula is C17H22BrF3N4OS. The molecule has 2 atom stereocenters. The van der Waals surface area contributed by atoms with Gasteiger partial charge in [-0.2, -0.15) is 18.2 Å². The topological polar surface area (TPSA) is 41.5 Å². The lowest BCUT2D eigenvalue weighted by atomic mass is 10.1. The fourth-order valence-electron chi connectivity index (χ4n) is 3.32. The van der Waals surface area contributed by atoms with Gasteiger partial charge in [-0.25, -0.2) is 4.98 Å². The molecule has 5 nitrogen and oxygen atoms in total. The van der Waals surface area contributed by atoms with E-state index in [9.17, 15) is 13.2 Å². The van der Waals surface area contributed by atoms with Gasteiger partial charge in [-0.3, -0.25) is 0 Å². The van der Waals surface area contributed by atoms with Crippen LogP contribution in [-0.4, -0.2) is 56.0 Å². The molecule has 0 radical (unpaired) electrons. The predicted octanol–water partition coefficient (Wildman–Crippen LogP) is 4.70. The van der Waals surface area contributed by atoms with Crippen molar-refractivity contribution in [3.05, 3.63) is 9.85 Å². The average molecular weight is 467 g/mol. The second-order valence-electron chi connectivity index (χ2n) is 6.96. The van der Waals surface area contributed by atoms with Crippen LogP contribution in [0, 0.1) is 5.92 Å². The van der Waals surface area contributed by atoms with Gasteiger partial charge in [0.25, 0.3) is 0 Å². The molecule has 150 valence electrons. The zero-order chi connectivity index (χ0) is 19.8. The van der Waals surface area contributed by atoms with Gasteiger partial charge >= 0.3 is 6.18 Å². The molecule has 1 fully saturated rings. The minimum atomic E-state index is -4.13. The Kier molecular flexibility index (Phi) is 6.17. The molecule has 2 aromatic heterocycles. The predicted molar refractivity (Wildman–Crippen MR) is 106 cm³/mol. The van der Waals surface area contributed by atoms with E-state index in [0.29, 0.717) is 37.8 Å². The van der Waals surface area contributed by atoms with Crippen molar-refractivity contribution < 1.29 is 17.9 Å². The first-order valence-corrected chi connectivity index (χ1v) is 10.3. The van der Waals surface area contributed by atoms with Gasteiger partial charge in [-0.05, 0) is 41.3 Å². The van der Waals surface area contributed by atoms with Crippen molar-refractivity contribution in [2.24, 2.45) is 5.92 Å². The third-order valence-corrected chi connectivity index (χ3v) is 6.32. The van der Waals surface area contributed by atoms with E-state index < -0.39 is 18.5 Å². The van der Waals surface area contributed by atoms with Crippen molar-refractivity contribution in [3.63, 3.8) is 0 Å². The molecule has 0 amide bonds. The largest absolute Gasteiger partial charge is 0.389 e. The quantitative estimate of drug-likeness (QED) is 0.616. The molecule has 10 heteroatoms. The number of rotatable bonds is 6. The molecular weight excluding hydrogens is 445 g/mol. The highest BCUT2D eigenvalue weighted by Crippen LogP contribution is 2.39. The molecule has 0 saturated carbocycles. The first-order valence-electron chi connectivity index (χ1n) is 8.69. The number of aromatic nitrogens is 2. The Bertz CT molecular complexity index is 800. The van der Waals surface area contributed by atoms with Gasteiger partial charge in [-0.15, -0.1) is 11.3 Å². The van der Waals surface area contributed by atoms with Crippen LogP contribution >= 0.6 is 27.3 Å². The molecule has 3 rings (SSSR count). The number of halogens is 4. The Balaban J connectivity index is 1.90. The number of anilines is 2. The lowest BCUT2D eigenvalue weighted by Crippen LogP contribution is -2.30. The molecule has 0 spiro atoms. The van der Waals surface area contributed by atoms with Crippen LogP contribution in [0.3, 0.4) is 0 Å². The molecule has 0 aliphatic carbocycles. The molecule has 0 aromatic carbocycles. The Labute approximate surface area is 168 Å². The number of hydrogen-bond acceptors (Lipinski definition) is 6. The zero-order valence-corrected chi connectivity index (χ0v) is 17.8. The van der Waals surface area contributed by atoms with Gasteiger partial charge in [0.15, 0.2) is 5.82 Å². The van der Waals surface area contributed by atoms with Crippen LogP contribution in [-0.2, 0) is 4.74 Å². The molecule has 2 aromatic rings. The first-order chi connectivity index (χ1) is 12.7. The Morgan fingerprint density at radius 3 is 2.85 bits per heavy atom. The van der Waals surface area contributed by atoms with E-state index in [1.807, 2.05) is 29.8 Å². The van der Waals surface area contributed by atoms with Crippen LogP contribution in [0.2, 0.25) is 0 Å². The summed E-state index contributed by atoms with van der Waals surface area (Å²) in [6.07, 6.45) is -4.35. The standard InChI is InChI=1S/C17H22BrF3N4OS/c1-10(26-3)8-24(2)16-22-12-6-13(18)27-14(12)15(23-16)25-5-4-11(9-25)7-17(19,20)21/h6,10-11H,4-5,7-9H2,1-3H3/t10-,11?/m1/s1. The van der Waals surface area contributed by atoms with E-state index in [4.69, 9.17) is 9.72 Å². The lowest BCUT2D eigenvalue weighted by Gasteiger charge is -2.24. The van der Waals surface area contributed by atoms with Crippen molar-refractivity contribution in [2.45, 2.75) is 32.0 Å². The van der Waals surface area contributed by atoms with E-state index >= 15 is 0 Å². The summed E-state index contributed by atoms with van der Waals surface area (Å²) in [6, 6.07) is 1.92. The molecule has 1 unspecified atom stereocenters. The smallest absolute Gasteiger partial charge is 0.380 e. The van der Waals surface area contributed by atoms with Gasteiger partial charge in [0, 0.05) is 40.2 Å². The number of methoxy groups -OCH3 is 1. The Morgan fingerprint density at radius 2 is 2.19 bits per heavy atom. The number of nitrogens with zero attached hydrogens (tertiary/aromatic N) is 4. The van der Waals surface area contributed by atoms with Gasteiger partial charge in [0.1, 0.15) is 0 Å². The summed E-state index contributed by atoms with van der Waals surface area (Å²) in [7, 11) is 3.54. The second kappa shape index (κ2) is 8.08. The van der Waals surface area contributed by atoms with Crippen molar-refractivity contribution in [3.8, 4) is 0 Å². The van der Waals surface area contributed by atoms with Gasteiger partial charge in [0.05, 0.1) is 20.1 Å². The van der Waals surface area contributed by atoms with E-state index in [-0.39, 0.29) is 6.10 Å². The first kappa shape index (κ1) is 20.6. The Morgan fingerprint density at radius 1 is 1.44 bits per heavy atom. The van der Waals surface area contributed by atoms with Crippen LogP contribution in [0.4, 0.5) is 24.9 Å². The summed E-state index contributed by atoms with van der Waals surface area (Å²) in [5.74, 6) is 0.867. The second-order valence-corrected chi connectivity index (χ2v) is 9.39. The lowest BCUT2D eigenvalue weighted by molar-refractivity contribution is -0.142. The number of fused-ring (bicyclic) bond motifs is 1. The maximum absolute atomic E-state index is 12.8. The number of thiophene rings is 1. The van der Waals surface area contributed by atoms with Gasteiger partial charge in [-0.1, -0.05) is 0 Å². The highest BCUT2D eigenvalue weighted by molar-refractivity contribution is 9.11. The van der Waals surface area contributed by atoms with E-state index in [0.717, 1.165) is 14.0 Å². The fourth-order valence-corrected chi connectivity index (χ4v) is 4.86. The number of ether oxygens (including phenoxy) is 1. The molecule has 3 heterocycles. The maximum atomic E-state index is 12.8. The normalized spacial score (nSPS) is 19.1. The van der Waals surface area contributed by atoms with Crippen molar-refractivity contribution in [1.82, 2.24) is 9.97 Å². The summed E-state index contributed by atoms with van der Waals surface area (Å²) >= 11 is 4.99. The number of hydrogen-bond donors (Lipinski definition) is 0. The monoisotopic (exact) mass is 466 g/mol. The third-order valence-electron chi connectivity index (χ3n) is 4.69. The molecule has 1 saturated heterocycles. The number of likely N-dealkylation sites (N-methyl/N-ethyl adjacent to an activating group) is 1. The Hall–Kier alpha value is -1.13. The highest BCUT2D eigenvalue weighted by Gasteiger charge is 2.36. The molecule has 1 aliphatic heterocycles. The molecule has 27 heavy (non-hydrogen) atoms. The van der Waals surface area contributed by atoms with Crippen LogP contribution in [0.15, 0.2) is 9.85 Å². The van der Waals surface area contributed by atoms with Gasteiger partial charge < -0.3 is 14.5 Å². The van der Waals surface area contributed by atoms with E-state index in [1.165, 1.54) is 11.3 Å². The summed E-state index contributed by atoms with van der Waals surface area (Å²) < 4.78 is 45.4. The SMILES string of the molecule is CO[C@H](C)CN(C)c1nc(N2CCC(CC(F)(F)F)C2)c2sc(Br)cc2n1. The maximum Gasteiger partial charge on any atom is 0.389 e. The van der Waals surface area contributed by atoms with E-state index in [1.54, 1.807) is 7.11 Å². The minimum Gasteiger partial charge on any atom is -0.380 e. The minimum absolute atomic E-state index is 0.00918. The van der Waals surface area contributed by atoms with Crippen molar-refractivity contribution in [2.75, 3.05) is 43.6 Å². The molecule has 1 aliphatic rings. The highest BCUT2D eigenvalue weighted by atomic mass is 79.9.